The zero-order valence-electron chi connectivity index (χ0n) is 11.0. The average molecular weight is 318 g/mol. The summed E-state index contributed by atoms with van der Waals surface area (Å²) in [5.74, 6) is 0. The summed E-state index contributed by atoms with van der Waals surface area (Å²) >= 11 is 6.87. The molecule has 21 heavy (non-hydrogen) atoms. The van der Waals surface area contributed by atoms with E-state index in [1.54, 1.807) is 36.4 Å². The van der Waals surface area contributed by atoms with Gasteiger partial charge in [-0.2, -0.15) is 5.26 Å². The molecule has 0 bridgehead atoms. The fourth-order valence-electron chi connectivity index (χ4n) is 1.62. The lowest BCUT2D eigenvalue weighted by atomic mass is 10.2. The van der Waals surface area contributed by atoms with E-state index in [9.17, 15) is 4.79 Å². The predicted octanol–water partition coefficient (Wildman–Crippen LogP) is 4.23. The third-order valence-electron chi connectivity index (χ3n) is 2.64. The predicted molar refractivity (Wildman–Crippen MR) is 85.2 cm³/mol. The lowest BCUT2D eigenvalue weighted by Gasteiger charge is -2.08. The number of hydrogen-bond donors (Lipinski definition) is 2. The number of benzene rings is 2. The maximum absolute atomic E-state index is 11.8. The first-order chi connectivity index (χ1) is 10.2. The van der Waals surface area contributed by atoms with Crippen molar-refractivity contribution in [1.29, 1.82) is 5.26 Å². The van der Waals surface area contributed by atoms with Gasteiger partial charge in [0.05, 0.1) is 0 Å². The Balaban J connectivity index is 1.84. The van der Waals surface area contributed by atoms with Gasteiger partial charge in [-0.3, -0.25) is 0 Å². The number of amides is 2. The van der Waals surface area contributed by atoms with Crippen LogP contribution in [0.15, 0.2) is 53.4 Å². The Morgan fingerprint density at radius 3 is 2.43 bits per heavy atom. The largest absolute Gasteiger partial charge is 0.334 e. The Bertz CT molecular complexity index is 650. The van der Waals surface area contributed by atoms with Crippen LogP contribution < -0.4 is 10.6 Å². The molecule has 2 rings (SSSR count). The van der Waals surface area contributed by atoms with Crippen LogP contribution in [0.1, 0.15) is 5.56 Å². The van der Waals surface area contributed by atoms with Gasteiger partial charge < -0.3 is 10.6 Å². The molecule has 2 amide bonds. The normalized spacial score (nSPS) is 9.71. The maximum Gasteiger partial charge on any atom is 0.319 e. The lowest BCUT2D eigenvalue weighted by Crippen LogP contribution is -2.28. The van der Waals surface area contributed by atoms with Gasteiger partial charge in [0.1, 0.15) is 5.40 Å². The van der Waals surface area contributed by atoms with E-state index in [1.165, 1.54) is 0 Å². The van der Waals surface area contributed by atoms with Crippen LogP contribution in [-0.4, -0.2) is 6.03 Å². The van der Waals surface area contributed by atoms with E-state index in [4.69, 9.17) is 16.9 Å². The van der Waals surface area contributed by atoms with Crippen molar-refractivity contribution in [2.75, 3.05) is 5.32 Å². The van der Waals surface area contributed by atoms with Crippen molar-refractivity contribution >= 4 is 35.1 Å². The van der Waals surface area contributed by atoms with Gasteiger partial charge in [-0.05, 0) is 53.7 Å². The number of thiocyanates is 1. The topological polar surface area (TPSA) is 64.9 Å². The highest BCUT2D eigenvalue weighted by Crippen LogP contribution is 2.18. The molecule has 6 heteroatoms. The minimum atomic E-state index is -0.286. The zero-order valence-corrected chi connectivity index (χ0v) is 12.5. The molecular formula is C15H12ClN3OS. The molecule has 0 atom stereocenters. The number of nitrogens with zero attached hydrogens (tertiary/aromatic N) is 1. The van der Waals surface area contributed by atoms with Crippen LogP contribution in [0, 0.1) is 10.7 Å². The molecule has 0 spiro atoms. The van der Waals surface area contributed by atoms with Crippen LogP contribution in [0.3, 0.4) is 0 Å². The number of carbonyl (C=O) groups excluding carboxylic acids is 1. The van der Waals surface area contributed by atoms with Crippen molar-refractivity contribution < 1.29 is 4.79 Å². The summed E-state index contributed by atoms with van der Waals surface area (Å²) in [6.07, 6.45) is 0. The second-order valence-electron chi connectivity index (χ2n) is 4.15. The molecule has 2 N–H and O–H groups in total. The second-order valence-corrected chi connectivity index (χ2v) is 5.45. The summed E-state index contributed by atoms with van der Waals surface area (Å²) in [5.41, 5.74) is 1.64. The molecule has 0 radical (unpaired) electrons. The first-order valence-corrected chi connectivity index (χ1v) is 7.32. The molecular weight excluding hydrogens is 306 g/mol. The molecule has 0 aromatic heterocycles. The van der Waals surface area contributed by atoms with Gasteiger partial charge in [-0.25, -0.2) is 4.79 Å². The molecule has 0 aliphatic carbocycles. The van der Waals surface area contributed by atoms with Crippen LogP contribution >= 0.6 is 23.4 Å². The van der Waals surface area contributed by atoms with Crippen molar-refractivity contribution in [3.8, 4) is 5.40 Å². The molecule has 0 unspecified atom stereocenters. The highest BCUT2D eigenvalue weighted by molar-refractivity contribution is 8.03. The SMILES string of the molecule is N#CSc1ccc(NC(=O)NCc2ccc(Cl)cc2)cc1. The van der Waals surface area contributed by atoms with Crippen LogP contribution in [0.2, 0.25) is 5.02 Å². The van der Waals surface area contributed by atoms with Crippen molar-refractivity contribution in [2.45, 2.75) is 11.4 Å². The van der Waals surface area contributed by atoms with Crippen molar-refractivity contribution in [1.82, 2.24) is 5.32 Å². The standard InChI is InChI=1S/C15H12ClN3OS/c16-12-3-1-11(2-4-12)9-18-15(20)19-13-5-7-14(8-6-13)21-10-17/h1-8H,9H2,(H2,18,19,20). The number of carbonyl (C=O) groups is 1. The number of nitrogens with one attached hydrogen (secondary N) is 2. The molecule has 106 valence electrons. The van der Waals surface area contributed by atoms with Crippen LogP contribution in [0.25, 0.3) is 0 Å². The Hall–Kier alpha value is -2.16. The van der Waals surface area contributed by atoms with E-state index in [-0.39, 0.29) is 6.03 Å². The molecule has 2 aromatic carbocycles. The van der Waals surface area contributed by atoms with Gasteiger partial charge in [0.2, 0.25) is 0 Å². The second kappa shape index (κ2) is 7.58. The number of anilines is 1. The van der Waals surface area contributed by atoms with E-state index in [0.717, 1.165) is 22.2 Å². The lowest BCUT2D eigenvalue weighted by molar-refractivity contribution is 0.251. The monoisotopic (exact) mass is 317 g/mol. The van der Waals surface area contributed by atoms with Crippen molar-refractivity contribution in [3.63, 3.8) is 0 Å². The summed E-state index contributed by atoms with van der Waals surface area (Å²) < 4.78 is 0. The molecule has 4 nitrogen and oxygen atoms in total. The third-order valence-corrected chi connectivity index (χ3v) is 3.49. The molecule has 2 aromatic rings. The van der Waals surface area contributed by atoms with Crippen molar-refractivity contribution in [3.05, 3.63) is 59.1 Å². The summed E-state index contributed by atoms with van der Waals surface area (Å²) in [7, 11) is 0. The Morgan fingerprint density at radius 2 is 1.81 bits per heavy atom. The van der Waals surface area contributed by atoms with E-state index in [1.807, 2.05) is 17.5 Å². The van der Waals surface area contributed by atoms with E-state index < -0.39 is 0 Å². The van der Waals surface area contributed by atoms with Gasteiger partial charge >= 0.3 is 6.03 Å². The summed E-state index contributed by atoms with van der Waals surface area (Å²) in [6.45, 7) is 0.422. The first-order valence-electron chi connectivity index (χ1n) is 6.12. The van der Waals surface area contributed by atoms with Gasteiger partial charge in [0, 0.05) is 22.2 Å². The Kier molecular flexibility index (Phi) is 5.50. The average Bonchev–Trinajstić information content (AvgIpc) is 2.49. The molecule has 0 aliphatic rings. The van der Waals surface area contributed by atoms with Crippen LogP contribution in [-0.2, 0) is 6.54 Å². The highest BCUT2D eigenvalue weighted by Gasteiger charge is 2.02. The molecule has 0 fully saturated rings. The van der Waals surface area contributed by atoms with E-state index in [0.29, 0.717) is 17.3 Å². The summed E-state index contributed by atoms with van der Waals surface area (Å²) in [6, 6.07) is 14.1. The minimum Gasteiger partial charge on any atom is -0.334 e. The molecule has 0 saturated carbocycles. The molecule has 0 saturated heterocycles. The Morgan fingerprint density at radius 1 is 1.14 bits per heavy atom. The smallest absolute Gasteiger partial charge is 0.319 e. The van der Waals surface area contributed by atoms with Gasteiger partial charge in [0.15, 0.2) is 0 Å². The summed E-state index contributed by atoms with van der Waals surface area (Å²) in [5, 5.41) is 16.7. The quantitative estimate of drug-likeness (QED) is 0.655. The van der Waals surface area contributed by atoms with Crippen LogP contribution in [0.4, 0.5) is 10.5 Å². The first kappa shape index (κ1) is 15.2. The van der Waals surface area contributed by atoms with Gasteiger partial charge in [0.25, 0.3) is 0 Å². The fraction of sp³-hybridized carbons (Fsp3) is 0.0667. The number of halogens is 1. The fourth-order valence-corrected chi connectivity index (χ4v) is 2.12. The van der Waals surface area contributed by atoms with E-state index in [2.05, 4.69) is 10.6 Å². The minimum absolute atomic E-state index is 0.286. The summed E-state index contributed by atoms with van der Waals surface area (Å²) in [4.78, 5) is 12.6. The maximum atomic E-state index is 11.8. The number of urea groups is 1. The molecule has 0 heterocycles. The highest BCUT2D eigenvalue weighted by atomic mass is 35.5. The van der Waals surface area contributed by atoms with Crippen LogP contribution in [0.5, 0.6) is 0 Å². The number of hydrogen-bond acceptors (Lipinski definition) is 3. The van der Waals surface area contributed by atoms with Gasteiger partial charge in [-0.1, -0.05) is 23.7 Å². The zero-order chi connectivity index (χ0) is 15.1. The number of rotatable bonds is 4. The molecule has 0 aliphatic heterocycles. The number of thioether (sulfide) groups is 1. The van der Waals surface area contributed by atoms with Crippen molar-refractivity contribution in [2.24, 2.45) is 0 Å². The Labute approximate surface area is 132 Å². The van der Waals surface area contributed by atoms with E-state index >= 15 is 0 Å². The van der Waals surface area contributed by atoms with Gasteiger partial charge in [-0.15, -0.1) is 0 Å². The third kappa shape index (κ3) is 5.03. The number of nitriles is 1.